The molecule has 4 N–H and O–H groups in total. The number of rotatable bonds is 39. The van der Waals surface area contributed by atoms with Crippen molar-refractivity contribution in [3.05, 3.63) is 0 Å². The summed E-state index contributed by atoms with van der Waals surface area (Å²) in [4.78, 5) is 12.4. The maximum atomic E-state index is 12.4. The van der Waals surface area contributed by atoms with Gasteiger partial charge in [0.2, 0.25) is 5.91 Å². The fourth-order valence-corrected chi connectivity index (χ4v) is 6.99. The molecule has 0 spiro atoms. The molecule has 0 aromatic rings. The van der Waals surface area contributed by atoms with Gasteiger partial charge in [-0.2, -0.15) is 0 Å². The topological polar surface area (TPSA) is 89.8 Å². The second-order valence-electron chi connectivity index (χ2n) is 15.7. The van der Waals surface area contributed by atoms with Crippen LogP contribution >= 0.6 is 0 Å². The lowest BCUT2D eigenvalue weighted by Gasteiger charge is -2.26. The molecule has 0 aliphatic carbocycles. The molecule has 0 aromatic carbocycles. The highest BCUT2D eigenvalue weighted by Crippen LogP contribution is 2.17. The van der Waals surface area contributed by atoms with E-state index in [1.807, 2.05) is 0 Å². The Labute approximate surface area is 300 Å². The molecule has 0 radical (unpaired) electrons. The van der Waals surface area contributed by atoms with Crippen molar-refractivity contribution in [1.82, 2.24) is 5.32 Å². The van der Waals surface area contributed by atoms with Gasteiger partial charge in [0.1, 0.15) is 6.10 Å². The largest absolute Gasteiger partial charge is 0.394 e. The predicted molar refractivity (Wildman–Crippen MR) is 209 cm³/mol. The van der Waals surface area contributed by atoms with E-state index in [0.717, 1.165) is 44.4 Å². The van der Waals surface area contributed by atoms with Crippen molar-refractivity contribution in [1.29, 1.82) is 0 Å². The molecule has 3 unspecified atom stereocenters. The van der Waals surface area contributed by atoms with Crippen LogP contribution in [0.1, 0.15) is 239 Å². The molecule has 0 saturated heterocycles. The van der Waals surface area contributed by atoms with Crippen LogP contribution in [0.5, 0.6) is 0 Å². The highest BCUT2D eigenvalue weighted by atomic mass is 16.3. The Morgan fingerprint density at radius 3 is 1.12 bits per heavy atom. The molecule has 0 aliphatic heterocycles. The lowest BCUT2D eigenvalue weighted by molar-refractivity contribution is -0.124. The van der Waals surface area contributed by atoms with Gasteiger partial charge in [0, 0.05) is 6.42 Å². The number of carbonyl (C=O) groups is 1. The van der Waals surface area contributed by atoms with Gasteiger partial charge < -0.3 is 20.6 Å². The zero-order valence-electron chi connectivity index (χ0n) is 32.8. The van der Waals surface area contributed by atoms with E-state index >= 15 is 0 Å². The summed E-state index contributed by atoms with van der Waals surface area (Å²) >= 11 is 0. The maximum Gasteiger partial charge on any atom is 0.220 e. The van der Waals surface area contributed by atoms with Gasteiger partial charge >= 0.3 is 0 Å². The Morgan fingerprint density at radius 1 is 0.479 bits per heavy atom. The lowest BCUT2D eigenvalue weighted by Crippen LogP contribution is -2.50. The SMILES string of the molecule is CCCCCCCCCCCCCCCCCCCCCCC(=O)NC(CO)C(O)C(O)CCCCCCCCCCCCCC(C)C. The predicted octanol–water partition coefficient (Wildman–Crippen LogP) is 12.1. The lowest BCUT2D eigenvalue weighted by atomic mass is 9.99. The Bertz CT molecular complexity index is 642. The third kappa shape index (κ3) is 33.8. The number of hydrogen-bond donors (Lipinski definition) is 4. The van der Waals surface area contributed by atoms with Gasteiger partial charge in [-0.1, -0.05) is 220 Å². The van der Waals surface area contributed by atoms with Crippen molar-refractivity contribution >= 4 is 5.91 Å². The fourth-order valence-electron chi connectivity index (χ4n) is 6.99. The van der Waals surface area contributed by atoms with Crippen LogP contribution < -0.4 is 5.32 Å². The highest BCUT2D eigenvalue weighted by Gasteiger charge is 2.26. The Hall–Kier alpha value is -0.650. The molecule has 0 heterocycles. The number of hydrogen-bond acceptors (Lipinski definition) is 4. The minimum absolute atomic E-state index is 0.140. The molecule has 48 heavy (non-hydrogen) atoms. The van der Waals surface area contributed by atoms with E-state index in [-0.39, 0.29) is 12.5 Å². The fraction of sp³-hybridized carbons (Fsp3) is 0.977. The number of aliphatic hydroxyl groups is 3. The molecule has 5 heteroatoms. The van der Waals surface area contributed by atoms with Crippen LogP contribution in [-0.2, 0) is 4.79 Å². The standard InChI is InChI=1S/C43H87NO4/c1-4-5-6-7-8-9-10-11-12-13-14-15-16-17-18-22-25-28-31-34-37-42(47)44-40(38-45)43(48)41(46)36-33-30-27-24-21-19-20-23-26-29-32-35-39(2)3/h39-41,43,45-46,48H,4-38H2,1-3H3,(H,44,47). The second kappa shape index (κ2) is 37.6. The zero-order valence-corrected chi connectivity index (χ0v) is 32.8. The molecule has 5 nitrogen and oxygen atoms in total. The second-order valence-corrected chi connectivity index (χ2v) is 15.7. The molecule has 288 valence electrons. The molecule has 3 atom stereocenters. The summed E-state index contributed by atoms with van der Waals surface area (Å²) in [7, 11) is 0. The van der Waals surface area contributed by atoms with Gasteiger partial charge in [0.25, 0.3) is 0 Å². The van der Waals surface area contributed by atoms with Crippen LogP contribution in [0, 0.1) is 5.92 Å². The van der Waals surface area contributed by atoms with Gasteiger partial charge in [-0.15, -0.1) is 0 Å². The summed E-state index contributed by atoms with van der Waals surface area (Å²) in [6.07, 6.45) is 40.7. The minimum Gasteiger partial charge on any atom is -0.394 e. The van der Waals surface area contributed by atoms with Crippen LogP contribution in [0.3, 0.4) is 0 Å². The van der Waals surface area contributed by atoms with Crippen LogP contribution in [0.15, 0.2) is 0 Å². The average Bonchev–Trinajstić information content (AvgIpc) is 3.07. The first kappa shape index (κ1) is 47.4. The first-order valence-electron chi connectivity index (χ1n) is 21.7. The van der Waals surface area contributed by atoms with E-state index in [0.29, 0.717) is 12.8 Å². The van der Waals surface area contributed by atoms with Gasteiger partial charge in [-0.05, 0) is 18.8 Å². The zero-order chi connectivity index (χ0) is 35.3. The van der Waals surface area contributed by atoms with Crippen molar-refractivity contribution < 1.29 is 20.1 Å². The molecule has 0 aliphatic rings. The quantitative estimate of drug-likeness (QED) is 0.0486. The number of amides is 1. The van der Waals surface area contributed by atoms with Crippen LogP contribution in [0.4, 0.5) is 0 Å². The molecular formula is C43H87NO4. The van der Waals surface area contributed by atoms with E-state index in [1.54, 1.807) is 0 Å². The van der Waals surface area contributed by atoms with Gasteiger partial charge in [-0.25, -0.2) is 0 Å². The van der Waals surface area contributed by atoms with Crippen molar-refractivity contribution in [3.63, 3.8) is 0 Å². The molecule has 0 fully saturated rings. The normalized spacial score (nSPS) is 13.6. The number of unbranched alkanes of at least 4 members (excludes halogenated alkanes) is 29. The monoisotopic (exact) mass is 682 g/mol. The highest BCUT2D eigenvalue weighted by molar-refractivity contribution is 5.76. The molecule has 0 aromatic heterocycles. The summed E-state index contributed by atoms with van der Waals surface area (Å²) in [5.74, 6) is 0.692. The number of nitrogens with one attached hydrogen (secondary N) is 1. The molecular weight excluding hydrogens is 594 g/mol. The molecule has 0 saturated carbocycles. The first-order chi connectivity index (χ1) is 23.4. The van der Waals surface area contributed by atoms with E-state index < -0.39 is 18.2 Å². The smallest absolute Gasteiger partial charge is 0.220 e. The third-order valence-electron chi connectivity index (χ3n) is 10.4. The summed E-state index contributed by atoms with van der Waals surface area (Å²) in [6.45, 7) is 6.53. The van der Waals surface area contributed by atoms with Crippen molar-refractivity contribution in [3.8, 4) is 0 Å². The average molecular weight is 682 g/mol. The van der Waals surface area contributed by atoms with Crippen molar-refractivity contribution in [2.24, 2.45) is 5.92 Å². The van der Waals surface area contributed by atoms with Gasteiger partial charge in [0.15, 0.2) is 0 Å². The Morgan fingerprint density at radius 2 is 0.792 bits per heavy atom. The Kier molecular flexibility index (Phi) is 37.1. The van der Waals surface area contributed by atoms with Crippen LogP contribution in [0.2, 0.25) is 0 Å². The summed E-state index contributed by atoms with van der Waals surface area (Å²) < 4.78 is 0. The third-order valence-corrected chi connectivity index (χ3v) is 10.4. The minimum atomic E-state index is -1.13. The summed E-state index contributed by atoms with van der Waals surface area (Å²) in [5, 5.41) is 33.5. The summed E-state index contributed by atoms with van der Waals surface area (Å²) in [5.41, 5.74) is 0. The van der Waals surface area contributed by atoms with E-state index in [9.17, 15) is 20.1 Å². The number of carbonyl (C=O) groups excluding carboxylic acids is 1. The summed E-state index contributed by atoms with van der Waals surface area (Å²) in [6, 6.07) is -0.803. The van der Waals surface area contributed by atoms with Gasteiger partial charge in [0.05, 0.1) is 18.8 Å². The van der Waals surface area contributed by atoms with Crippen LogP contribution in [-0.4, -0.2) is 46.1 Å². The van der Waals surface area contributed by atoms with E-state index in [2.05, 4.69) is 26.1 Å². The maximum absolute atomic E-state index is 12.4. The molecule has 1 amide bonds. The van der Waals surface area contributed by atoms with E-state index in [1.165, 1.54) is 167 Å². The van der Waals surface area contributed by atoms with Crippen molar-refractivity contribution in [2.45, 2.75) is 257 Å². The van der Waals surface area contributed by atoms with E-state index in [4.69, 9.17) is 0 Å². The number of aliphatic hydroxyl groups excluding tert-OH is 3. The molecule has 0 rings (SSSR count). The molecule has 0 bridgehead atoms. The Balaban J connectivity index is 3.58. The first-order valence-corrected chi connectivity index (χ1v) is 21.7. The van der Waals surface area contributed by atoms with Crippen LogP contribution in [0.25, 0.3) is 0 Å². The van der Waals surface area contributed by atoms with Crippen molar-refractivity contribution in [2.75, 3.05) is 6.61 Å². The van der Waals surface area contributed by atoms with Gasteiger partial charge in [-0.3, -0.25) is 4.79 Å².